The molecular formula is C20H20ClN3O2S. The van der Waals surface area contributed by atoms with Gasteiger partial charge in [-0.15, -0.1) is 10.2 Å². The lowest BCUT2D eigenvalue weighted by Gasteiger charge is -2.11. The van der Waals surface area contributed by atoms with Crippen LogP contribution >= 0.6 is 23.4 Å². The van der Waals surface area contributed by atoms with Crippen LogP contribution in [0.1, 0.15) is 28.7 Å². The van der Waals surface area contributed by atoms with Crippen molar-refractivity contribution in [2.24, 2.45) is 7.05 Å². The van der Waals surface area contributed by atoms with Crippen molar-refractivity contribution in [1.29, 1.82) is 0 Å². The molecule has 0 aliphatic rings. The summed E-state index contributed by atoms with van der Waals surface area (Å²) in [6.07, 6.45) is 0. The minimum Gasteiger partial charge on any atom is -0.484 e. The quantitative estimate of drug-likeness (QED) is 0.423. The molecule has 7 heteroatoms. The van der Waals surface area contributed by atoms with E-state index in [4.69, 9.17) is 16.3 Å². The van der Waals surface area contributed by atoms with E-state index in [1.54, 1.807) is 12.1 Å². The smallest absolute Gasteiger partial charge is 0.191 e. The first-order chi connectivity index (χ1) is 13.0. The normalized spacial score (nSPS) is 12.0. The van der Waals surface area contributed by atoms with Gasteiger partial charge < -0.3 is 9.30 Å². The number of Topliss-reactive ketones (excluding diaryl/α,β-unsaturated/α-hetero) is 1. The van der Waals surface area contributed by atoms with Gasteiger partial charge >= 0.3 is 0 Å². The lowest BCUT2D eigenvalue weighted by Crippen LogP contribution is -2.14. The van der Waals surface area contributed by atoms with Crippen molar-refractivity contribution < 1.29 is 9.53 Å². The van der Waals surface area contributed by atoms with Gasteiger partial charge in [0, 0.05) is 12.6 Å². The van der Waals surface area contributed by atoms with Crippen LogP contribution in [0.5, 0.6) is 5.75 Å². The minimum atomic E-state index is -0.270. The van der Waals surface area contributed by atoms with E-state index in [0.717, 1.165) is 5.56 Å². The number of nitrogens with zero attached hydrogens (tertiary/aromatic N) is 3. The molecule has 3 aromatic rings. The number of hydrogen-bond donors (Lipinski definition) is 0. The fraction of sp³-hybridized carbons (Fsp3) is 0.250. The molecule has 0 aliphatic carbocycles. The predicted molar refractivity (Wildman–Crippen MR) is 108 cm³/mol. The molecule has 0 fully saturated rings. The lowest BCUT2D eigenvalue weighted by molar-refractivity contribution is 0.0994. The summed E-state index contributed by atoms with van der Waals surface area (Å²) in [5.41, 5.74) is 1.83. The number of benzene rings is 2. The number of carbonyl (C=O) groups is 1. The summed E-state index contributed by atoms with van der Waals surface area (Å²) in [5, 5.41) is 9.31. The second kappa shape index (κ2) is 8.59. The van der Waals surface area contributed by atoms with Gasteiger partial charge in [-0.25, -0.2) is 0 Å². The first-order valence-corrected chi connectivity index (χ1v) is 9.74. The Balaban J connectivity index is 1.65. The van der Waals surface area contributed by atoms with Crippen molar-refractivity contribution in [2.75, 3.05) is 0 Å². The van der Waals surface area contributed by atoms with Crippen LogP contribution in [0.25, 0.3) is 0 Å². The number of hydrogen-bond acceptors (Lipinski definition) is 5. The Labute approximate surface area is 167 Å². The zero-order valence-corrected chi connectivity index (χ0v) is 16.9. The van der Waals surface area contributed by atoms with Crippen LogP contribution in [0.3, 0.4) is 0 Å². The van der Waals surface area contributed by atoms with Crippen LogP contribution in [-0.2, 0) is 13.7 Å². The van der Waals surface area contributed by atoms with E-state index in [-0.39, 0.29) is 17.6 Å². The topological polar surface area (TPSA) is 57.0 Å². The van der Waals surface area contributed by atoms with Gasteiger partial charge in [0.05, 0.1) is 10.3 Å². The highest BCUT2D eigenvalue weighted by atomic mass is 35.5. The lowest BCUT2D eigenvalue weighted by atomic mass is 10.1. The first kappa shape index (κ1) is 19.5. The van der Waals surface area contributed by atoms with E-state index < -0.39 is 0 Å². The van der Waals surface area contributed by atoms with E-state index in [9.17, 15) is 4.79 Å². The fourth-order valence-electron chi connectivity index (χ4n) is 2.44. The number of carbonyl (C=O) groups excluding carboxylic acids is 1. The number of thioether (sulfide) groups is 1. The van der Waals surface area contributed by atoms with Crippen LogP contribution in [-0.4, -0.2) is 25.8 Å². The van der Waals surface area contributed by atoms with Crippen molar-refractivity contribution in [3.8, 4) is 5.75 Å². The van der Waals surface area contributed by atoms with E-state index in [2.05, 4.69) is 10.2 Å². The second-order valence-electron chi connectivity index (χ2n) is 6.17. The van der Waals surface area contributed by atoms with Crippen molar-refractivity contribution in [3.05, 3.63) is 70.5 Å². The number of para-hydroxylation sites is 1. The Kier molecular flexibility index (Phi) is 6.19. The highest BCUT2D eigenvalue weighted by molar-refractivity contribution is 8.00. The number of ketones is 1. The Hall–Kier alpha value is -2.31. The number of halogens is 1. The molecule has 1 atom stereocenters. The Morgan fingerprint density at radius 3 is 2.59 bits per heavy atom. The Bertz CT molecular complexity index is 941. The van der Waals surface area contributed by atoms with Gasteiger partial charge in [-0.3, -0.25) is 4.79 Å². The molecule has 0 saturated carbocycles. The number of aryl methyl sites for hydroxylation is 1. The third-order valence-electron chi connectivity index (χ3n) is 4.11. The van der Waals surface area contributed by atoms with Gasteiger partial charge in [-0.2, -0.15) is 0 Å². The van der Waals surface area contributed by atoms with E-state index >= 15 is 0 Å². The molecule has 3 rings (SSSR count). The zero-order chi connectivity index (χ0) is 19.4. The molecule has 140 valence electrons. The van der Waals surface area contributed by atoms with Crippen LogP contribution in [0.4, 0.5) is 0 Å². The summed E-state index contributed by atoms with van der Waals surface area (Å²) in [6, 6.07) is 14.9. The summed E-state index contributed by atoms with van der Waals surface area (Å²) in [7, 11) is 1.86. The van der Waals surface area contributed by atoms with Gasteiger partial charge in [0.1, 0.15) is 12.4 Å². The number of ether oxygens (including phenoxy) is 1. The molecule has 0 spiro atoms. The number of rotatable bonds is 7. The van der Waals surface area contributed by atoms with Crippen LogP contribution in [0, 0.1) is 6.92 Å². The Morgan fingerprint density at radius 1 is 1.19 bits per heavy atom. The maximum atomic E-state index is 12.6. The standard InChI is InChI=1S/C20H20ClN3O2S/c1-13-8-10-15(11-9-13)19(25)14(2)27-20-23-22-18(24(20)3)12-26-17-7-5-4-6-16(17)21/h4-11,14H,12H2,1-3H3. The van der Waals surface area contributed by atoms with Crippen LogP contribution < -0.4 is 4.74 Å². The van der Waals surface area contributed by atoms with Gasteiger partial charge in [-0.05, 0) is 26.0 Å². The van der Waals surface area contributed by atoms with Crippen LogP contribution in [0.2, 0.25) is 5.02 Å². The highest BCUT2D eigenvalue weighted by Crippen LogP contribution is 2.26. The molecule has 5 nitrogen and oxygen atoms in total. The molecule has 0 bridgehead atoms. The fourth-order valence-corrected chi connectivity index (χ4v) is 3.54. The SMILES string of the molecule is Cc1ccc(C(=O)C(C)Sc2nnc(COc3ccccc3Cl)n2C)cc1. The molecule has 1 heterocycles. The molecule has 0 radical (unpaired) electrons. The largest absolute Gasteiger partial charge is 0.484 e. The van der Waals surface area contributed by atoms with Crippen molar-refractivity contribution in [2.45, 2.75) is 30.9 Å². The maximum Gasteiger partial charge on any atom is 0.191 e. The van der Waals surface area contributed by atoms with Crippen molar-refractivity contribution in [1.82, 2.24) is 14.8 Å². The molecular weight excluding hydrogens is 382 g/mol. The highest BCUT2D eigenvalue weighted by Gasteiger charge is 2.20. The molecule has 2 aromatic carbocycles. The summed E-state index contributed by atoms with van der Waals surface area (Å²) in [6.45, 7) is 4.12. The molecule has 0 aliphatic heterocycles. The molecule has 0 saturated heterocycles. The molecule has 1 unspecified atom stereocenters. The summed E-state index contributed by atoms with van der Waals surface area (Å²) in [5.74, 6) is 1.32. The predicted octanol–water partition coefficient (Wildman–Crippen LogP) is 4.72. The first-order valence-electron chi connectivity index (χ1n) is 8.49. The van der Waals surface area contributed by atoms with Gasteiger partial charge in [0.15, 0.2) is 16.8 Å². The Morgan fingerprint density at radius 2 is 1.89 bits per heavy atom. The van der Waals surface area contributed by atoms with E-state index in [0.29, 0.717) is 27.3 Å². The number of aromatic nitrogens is 3. The summed E-state index contributed by atoms with van der Waals surface area (Å²) < 4.78 is 7.55. The summed E-state index contributed by atoms with van der Waals surface area (Å²) >= 11 is 7.48. The average Bonchev–Trinajstić information content (AvgIpc) is 3.01. The third-order valence-corrected chi connectivity index (χ3v) is 5.55. The second-order valence-corrected chi connectivity index (χ2v) is 7.88. The third kappa shape index (κ3) is 4.70. The minimum absolute atomic E-state index is 0.0665. The molecule has 0 N–H and O–H groups in total. The monoisotopic (exact) mass is 401 g/mol. The maximum absolute atomic E-state index is 12.6. The average molecular weight is 402 g/mol. The molecule has 0 amide bonds. The summed E-state index contributed by atoms with van der Waals surface area (Å²) in [4.78, 5) is 12.6. The van der Waals surface area contributed by atoms with Gasteiger partial charge in [0.2, 0.25) is 0 Å². The van der Waals surface area contributed by atoms with Crippen molar-refractivity contribution >= 4 is 29.1 Å². The van der Waals surface area contributed by atoms with E-state index in [1.807, 2.05) is 61.9 Å². The zero-order valence-electron chi connectivity index (χ0n) is 15.3. The van der Waals surface area contributed by atoms with E-state index in [1.165, 1.54) is 11.8 Å². The van der Waals surface area contributed by atoms with Crippen molar-refractivity contribution in [3.63, 3.8) is 0 Å². The van der Waals surface area contributed by atoms with Gasteiger partial charge in [0.25, 0.3) is 0 Å². The molecule has 1 aromatic heterocycles. The van der Waals surface area contributed by atoms with Crippen LogP contribution in [0.15, 0.2) is 53.7 Å². The van der Waals surface area contributed by atoms with Gasteiger partial charge in [-0.1, -0.05) is 65.3 Å². The molecule has 27 heavy (non-hydrogen) atoms.